The van der Waals surface area contributed by atoms with Gasteiger partial charge in [0.2, 0.25) is 0 Å². The van der Waals surface area contributed by atoms with E-state index < -0.39 is 12.1 Å². The van der Waals surface area contributed by atoms with E-state index in [4.69, 9.17) is 14.2 Å². The van der Waals surface area contributed by atoms with Crippen LogP contribution in [0.15, 0.2) is 23.3 Å². The van der Waals surface area contributed by atoms with Crippen LogP contribution in [-0.4, -0.2) is 61.3 Å². The van der Waals surface area contributed by atoms with Gasteiger partial charge in [0.25, 0.3) is 0 Å². The number of ether oxygens (including phenoxy) is 3. The minimum atomic E-state index is -0.540. The Bertz CT molecular complexity index is 736. The zero-order chi connectivity index (χ0) is 21.8. The molecular formula is C23H33NO6. The predicted molar refractivity (Wildman–Crippen MR) is 110 cm³/mol. The molecule has 7 heteroatoms. The van der Waals surface area contributed by atoms with Gasteiger partial charge in [-0.05, 0) is 55.8 Å². The Morgan fingerprint density at radius 2 is 1.93 bits per heavy atom. The van der Waals surface area contributed by atoms with Gasteiger partial charge < -0.3 is 14.2 Å². The van der Waals surface area contributed by atoms with E-state index in [9.17, 15) is 14.4 Å². The molecule has 0 bridgehead atoms. The molecule has 0 aromatic heterocycles. The van der Waals surface area contributed by atoms with Crippen LogP contribution < -0.4 is 0 Å². The van der Waals surface area contributed by atoms with Gasteiger partial charge >= 0.3 is 17.9 Å². The van der Waals surface area contributed by atoms with Gasteiger partial charge in [-0.3, -0.25) is 14.5 Å². The molecular weight excluding hydrogens is 386 g/mol. The molecule has 2 saturated heterocycles. The number of hydrogen-bond donors (Lipinski definition) is 0. The highest BCUT2D eigenvalue weighted by molar-refractivity contribution is 5.91. The van der Waals surface area contributed by atoms with Crippen molar-refractivity contribution in [3.05, 3.63) is 23.3 Å². The van der Waals surface area contributed by atoms with Crippen LogP contribution in [0.5, 0.6) is 0 Å². The SMILES string of the molecule is C=C1C(=O)O[C@@H]2CC(CN3CCCC3)=C([C@@H](C)CCCOC(C)=O)[C@@H](OC(C)=O)[C@H]12. The largest absolute Gasteiger partial charge is 0.466 e. The van der Waals surface area contributed by atoms with E-state index >= 15 is 0 Å². The van der Waals surface area contributed by atoms with Crippen LogP contribution in [0.3, 0.4) is 0 Å². The molecule has 0 aromatic carbocycles. The van der Waals surface area contributed by atoms with Crippen molar-refractivity contribution in [3.8, 4) is 0 Å². The summed E-state index contributed by atoms with van der Waals surface area (Å²) in [5.41, 5.74) is 2.67. The van der Waals surface area contributed by atoms with E-state index in [0.717, 1.165) is 38.0 Å². The van der Waals surface area contributed by atoms with Gasteiger partial charge in [-0.2, -0.15) is 0 Å². The van der Waals surface area contributed by atoms with Gasteiger partial charge in [-0.25, -0.2) is 4.79 Å². The minimum Gasteiger partial charge on any atom is -0.466 e. The van der Waals surface area contributed by atoms with Crippen LogP contribution in [0.2, 0.25) is 0 Å². The Kier molecular flexibility index (Phi) is 7.34. The van der Waals surface area contributed by atoms with E-state index in [1.807, 2.05) is 0 Å². The first-order chi connectivity index (χ1) is 14.3. The Labute approximate surface area is 178 Å². The zero-order valence-electron chi connectivity index (χ0n) is 18.3. The van der Waals surface area contributed by atoms with Crippen molar-refractivity contribution >= 4 is 17.9 Å². The third-order valence-electron chi connectivity index (χ3n) is 6.34. The Morgan fingerprint density at radius 1 is 1.23 bits per heavy atom. The molecule has 4 atom stereocenters. The fraction of sp³-hybridized carbons (Fsp3) is 0.696. The molecule has 0 amide bonds. The summed E-state index contributed by atoms with van der Waals surface area (Å²) in [5.74, 6) is -1.28. The molecule has 2 fully saturated rings. The summed E-state index contributed by atoms with van der Waals surface area (Å²) in [7, 11) is 0. The van der Waals surface area contributed by atoms with Crippen LogP contribution in [-0.2, 0) is 28.6 Å². The van der Waals surface area contributed by atoms with Gasteiger partial charge in [0.1, 0.15) is 12.2 Å². The lowest BCUT2D eigenvalue weighted by Gasteiger charge is -2.39. The molecule has 0 radical (unpaired) electrons. The second kappa shape index (κ2) is 9.77. The number of rotatable bonds is 8. The Balaban J connectivity index is 1.88. The second-order valence-electron chi connectivity index (χ2n) is 8.65. The van der Waals surface area contributed by atoms with Crippen molar-refractivity contribution in [3.63, 3.8) is 0 Å². The van der Waals surface area contributed by atoms with E-state index in [0.29, 0.717) is 18.6 Å². The van der Waals surface area contributed by atoms with Crippen molar-refractivity contribution in [2.24, 2.45) is 11.8 Å². The maximum absolute atomic E-state index is 12.2. The molecule has 0 aromatic rings. The second-order valence-corrected chi connectivity index (χ2v) is 8.65. The smallest absolute Gasteiger partial charge is 0.334 e. The average molecular weight is 420 g/mol. The highest BCUT2D eigenvalue weighted by Gasteiger charge is 2.50. The standard InChI is InChI=1S/C23H33NO6/c1-14(8-7-11-28-16(3)25)20-18(13-24-9-5-6-10-24)12-19-21(15(2)23(27)30-19)22(20)29-17(4)26/h14,19,21-22H,2,5-13H2,1,3-4H3/t14-,19+,21+,22+/m0/s1. The molecule has 1 aliphatic carbocycles. The summed E-state index contributed by atoms with van der Waals surface area (Å²) in [6.45, 7) is 12.1. The zero-order valence-corrected chi connectivity index (χ0v) is 18.3. The lowest BCUT2D eigenvalue weighted by Crippen LogP contribution is -2.42. The maximum atomic E-state index is 12.2. The quantitative estimate of drug-likeness (QED) is 0.197. The fourth-order valence-corrected chi connectivity index (χ4v) is 5.02. The number of likely N-dealkylation sites (tertiary alicyclic amines) is 1. The lowest BCUT2D eigenvalue weighted by atomic mass is 9.72. The number of hydrogen-bond acceptors (Lipinski definition) is 7. The summed E-state index contributed by atoms with van der Waals surface area (Å²) < 4.78 is 16.5. The predicted octanol–water partition coefficient (Wildman–Crippen LogP) is 2.79. The van der Waals surface area contributed by atoms with Crippen molar-refractivity contribution in [2.75, 3.05) is 26.2 Å². The van der Waals surface area contributed by atoms with Crippen LogP contribution in [0.4, 0.5) is 0 Å². The summed E-state index contributed by atoms with van der Waals surface area (Å²) in [6.07, 6.45) is 3.66. The third kappa shape index (κ3) is 5.12. The summed E-state index contributed by atoms with van der Waals surface area (Å²) in [4.78, 5) is 37.7. The van der Waals surface area contributed by atoms with Crippen molar-refractivity contribution in [1.82, 2.24) is 4.90 Å². The molecule has 0 saturated carbocycles. The average Bonchev–Trinajstić information content (AvgIpc) is 3.26. The molecule has 3 aliphatic rings. The van der Waals surface area contributed by atoms with Gasteiger partial charge in [0.15, 0.2) is 0 Å². The van der Waals surface area contributed by atoms with Gasteiger partial charge in [-0.1, -0.05) is 13.5 Å². The van der Waals surface area contributed by atoms with Crippen LogP contribution >= 0.6 is 0 Å². The van der Waals surface area contributed by atoms with E-state index in [2.05, 4.69) is 18.4 Å². The summed E-state index contributed by atoms with van der Waals surface area (Å²) >= 11 is 0. The summed E-state index contributed by atoms with van der Waals surface area (Å²) in [5, 5.41) is 0. The summed E-state index contributed by atoms with van der Waals surface area (Å²) in [6, 6.07) is 0. The minimum absolute atomic E-state index is 0.118. The number of carbonyl (C=O) groups excluding carboxylic acids is 3. The number of fused-ring (bicyclic) bond motifs is 1. The maximum Gasteiger partial charge on any atom is 0.334 e. The molecule has 2 heterocycles. The first kappa shape index (κ1) is 22.5. The normalized spacial score (nSPS) is 27.6. The van der Waals surface area contributed by atoms with Crippen molar-refractivity contribution < 1.29 is 28.6 Å². The number of esters is 3. The highest BCUT2D eigenvalue weighted by Crippen LogP contribution is 2.45. The molecule has 0 unspecified atom stereocenters. The lowest BCUT2D eigenvalue weighted by molar-refractivity contribution is -0.149. The van der Waals surface area contributed by atoms with E-state index in [-0.39, 0.29) is 29.9 Å². The molecule has 30 heavy (non-hydrogen) atoms. The van der Waals surface area contributed by atoms with Crippen LogP contribution in [0.25, 0.3) is 0 Å². The topological polar surface area (TPSA) is 82.1 Å². The molecule has 7 nitrogen and oxygen atoms in total. The molecule has 166 valence electrons. The first-order valence-corrected chi connectivity index (χ1v) is 10.9. The van der Waals surface area contributed by atoms with Crippen LogP contribution in [0, 0.1) is 11.8 Å². The molecule has 0 spiro atoms. The Morgan fingerprint density at radius 3 is 2.57 bits per heavy atom. The molecule has 2 aliphatic heterocycles. The Hall–Kier alpha value is -2.15. The third-order valence-corrected chi connectivity index (χ3v) is 6.34. The van der Waals surface area contributed by atoms with Gasteiger partial charge in [-0.15, -0.1) is 0 Å². The van der Waals surface area contributed by atoms with E-state index in [1.165, 1.54) is 32.3 Å². The van der Waals surface area contributed by atoms with Crippen molar-refractivity contribution in [1.29, 1.82) is 0 Å². The number of nitrogens with zero attached hydrogens (tertiary/aromatic N) is 1. The van der Waals surface area contributed by atoms with Crippen molar-refractivity contribution in [2.45, 2.75) is 65.1 Å². The fourth-order valence-electron chi connectivity index (χ4n) is 5.02. The van der Waals surface area contributed by atoms with Crippen LogP contribution in [0.1, 0.15) is 52.9 Å². The van der Waals surface area contributed by atoms with Gasteiger partial charge in [0, 0.05) is 32.4 Å². The number of carbonyl (C=O) groups is 3. The molecule has 3 rings (SSSR count). The highest BCUT2D eigenvalue weighted by atomic mass is 16.6. The monoisotopic (exact) mass is 419 g/mol. The van der Waals surface area contributed by atoms with E-state index in [1.54, 1.807) is 0 Å². The van der Waals surface area contributed by atoms with Gasteiger partial charge in [0.05, 0.1) is 12.5 Å². The first-order valence-electron chi connectivity index (χ1n) is 10.9. The molecule has 0 N–H and O–H groups in total.